The van der Waals surface area contributed by atoms with Crippen molar-refractivity contribution in [2.75, 3.05) is 13.2 Å². The third-order valence-electron chi connectivity index (χ3n) is 3.85. The molecule has 3 N–H and O–H groups in total. The summed E-state index contributed by atoms with van der Waals surface area (Å²) in [6, 6.07) is 3.40. The summed E-state index contributed by atoms with van der Waals surface area (Å²) >= 11 is 1.27. The molecule has 2 heterocycles. The smallest absolute Gasteiger partial charge is 0.329 e. The summed E-state index contributed by atoms with van der Waals surface area (Å²) in [6.07, 6.45) is 0.395. The van der Waals surface area contributed by atoms with E-state index in [1.54, 1.807) is 31.4 Å². The molecule has 1 aliphatic heterocycles. The van der Waals surface area contributed by atoms with E-state index in [1.807, 2.05) is 0 Å². The van der Waals surface area contributed by atoms with E-state index in [9.17, 15) is 19.5 Å². The molecule has 1 aromatic rings. The highest BCUT2D eigenvalue weighted by atomic mass is 32.1. The molecule has 1 fully saturated rings. The third-order valence-corrected chi connectivity index (χ3v) is 4.72. The van der Waals surface area contributed by atoms with Gasteiger partial charge in [-0.2, -0.15) is 0 Å². The second-order valence-electron chi connectivity index (χ2n) is 6.01. The molecule has 7 nitrogen and oxygen atoms in total. The number of aliphatic carboxylic acids is 1. The number of ether oxygens (including phenoxy) is 1. The van der Waals surface area contributed by atoms with Gasteiger partial charge in [0.25, 0.3) is 5.91 Å². The molecule has 2 amide bonds. The van der Waals surface area contributed by atoms with Crippen LogP contribution in [0.15, 0.2) is 17.5 Å². The lowest BCUT2D eigenvalue weighted by atomic mass is 9.88. The first-order chi connectivity index (χ1) is 10.8. The molecule has 1 aromatic heterocycles. The Bertz CT molecular complexity index is 591. The summed E-state index contributed by atoms with van der Waals surface area (Å²) in [5, 5.41) is 16.5. The monoisotopic (exact) mass is 340 g/mol. The van der Waals surface area contributed by atoms with Gasteiger partial charge in [0, 0.05) is 26.1 Å². The third kappa shape index (κ3) is 3.89. The first-order valence-corrected chi connectivity index (χ1v) is 8.15. The van der Waals surface area contributed by atoms with Gasteiger partial charge < -0.3 is 20.5 Å². The molecule has 126 valence electrons. The maximum Gasteiger partial charge on any atom is 0.329 e. The summed E-state index contributed by atoms with van der Waals surface area (Å²) in [5.74, 6) is -1.99. The van der Waals surface area contributed by atoms with E-state index in [1.165, 1.54) is 11.3 Å². The van der Waals surface area contributed by atoms with Gasteiger partial charge in [-0.05, 0) is 25.3 Å². The number of amides is 2. The Morgan fingerprint density at radius 1 is 1.30 bits per heavy atom. The Kier molecular flexibility index (Phi) is 5.06. The molecule has 0 aliphatic carbocycles. The molecule has 0 bridgehead atoms. The van der Waals surface area contributed by atoms with E-state index in [0.29, 0.717) is 4.88 Å². The SMILES string of the molecule is CC(C)(NC(=O)c1cccs1)C(=O)NC1(C(=O)O)CCOCC1. The van der Waals surface area contributed by atoms with Crippen LogP contribution in [0.3, 0.4) is 0 Å². The van der Waals surface area contributed by atoms with E-state index in [4.69, 9.17) is 4.74 Å². The van der Waals surface area contributed by atoms with Crippen molar-refractivity contribution < 1.29 is 24.2 Å². The lowest BCUT2D eigenvalue weighted by molar-refractivity contribution is -0.153. The van der Waals surface area contributed by atoms with Crippen LogP contribution in [0.4, 0.5) is 0 Å². The van der Waals surface area contributed by atoms with Crippen LogP contribution in [0.25, 0.3) is 0 Å². The molecule has 23 heavy (non-hydrogen) atoms. The molecular weight excluding hydrogens is 320 g/mol. The normalized spacial score (nSPS) is 17.3. The Hall–Kier alpha value is -1.93. The van der Waals surface area contributed by atoms with Gasteiger partial charge in [-0.3, -0.25) is 9.59 Å². The highest BCUT2D eigenvalue weighted by molar-refractivity contribution is 7.12. The van der Waals surface area contributed by atoms with E-state index >= 15 is 0 Å². The molecular formula is C15H20N2O5S. The quantitative estimate of drug-likeness (QED) is 0.742. The molecule has 0 atom stereocenters. The van der Waals surface area contributed by atoms with Gasteiger partial charge in [0.05, 0.1) is 4.88 Å². The highest BCUT2D eigenvalue weighted by Gasteiger charge is 2.44. The number of carboxylic acids is 1. The van der Waals surface area contributed by atoms with Crippen molar-refractivity contribution in [1.82, 2.24) is 10.6 Å². The van der Waals surface area contributed by atoms with Crippen LogP contribution < -0.4 is 10.6 Å². The Labute approximate surface area is 138 Å². The average Bonchev–Trinajstić information content (AvgIpc) is 3.02. The van der Waals surface area contributed by atoms with Gasteiger partial charge in [-0.1, -0.05) is 6.07 Å². The van der Waals surface area contributed by atoms with E-state index in [-0.39, 0.29) is 32.0 Å². The number of rotatable bonds is 5. The number of hydrogen-bond acceptors (Lipinski definition) is 5. The van der Waals surface area contributed by atoms with Crippen LogP contribution in [-0.2, 0) is 14.3 Å². The zero-order chi connectivity index (χ0) is 17.1. The van der Waals surface area contributed by atoms with Crippen LogP contribution in [0.1, 0.15) is 36.4 Å². The Morgan fingerprint density at radius 2 is 1.96 bits per heavy atom. The predicted molar refractivity (Wildman–Crippen MR) is 84.4 cm³/mol. The fourth-order valence-electron chi connectivity index (χ4n) is 2.30. The standard InChI is InChI=1S/C15H20N2O5S/c1-14(2,16-11(18)10-4-3-9-23-10)12(19)17-15(13(20)21)5-7-22-8-6-15/h3-4,9H,5-8H2,1-2H3,(H,16,18)(H,17,19)(H,20,21). The Balaban J connectivity index is 2.08. The molecule has 2 rings (SSSR count). The summed E-state index contributed by atoms with van der Waals surface area (Å²) < 4.78 is 5.17. The molecule has 0 radical (unpaired) electrons. The van der Waals surface area contributed by atoms with Gasteiger partial charge in [0.1, 0.15) is 11.1 Å². The zero-order valence-corrected chi connectivity index (χ0v) is 13.9. The first-order valence-electron chi connectivity index (χ1n) is 7.27. The van der Waals surface area contributed by atoms with Crippen LogP contribution in [0, 0.1) is 0 Å². The van der Waals surface area contributed by atoms with Crippen LogP contribution in [0.2, 0.25) is 0 Å². The van der Waals surface area contributed by atoms with Crippen molar-refractivity contribution in [2.24, 2.45) is 0 Å². The second kappa shape index (κ2) is 6.67. The number of carbonyl (C=O) groups is 3. The highest BCUT2D eigenvalue weighted by Crippen LogP contribution is 2.22. The summed E-state index contributed by atoms with van der Waals surface area (Å²) in [6.45, 7) is 3.63. The largest absolute Gasteiger partial charge is 0.480 e. The number of hydrogen-bond donors (Lipinski definition) is 3. The lowest BCUT2D eigenvalue weighted by Gasteiger charge is -2.37. The Morgan fingerprint density at radius 3 is 2.48 bits per heavy atom. The minimum Gasteiger partial charge on any atom is -0.480 e. The van der Waals surface area contributed by atoms with E-state index in [0.717, 1.165) is 0 Å². The van der Waals surface area contributed by atoms with Crippen LogP contribution >= 0.6 is 11.3 Å². The summed E-state index contributed by atoms with van der Waals surface area (Å²) in [4.78, 5) is 36.7. The molecule has 0 spiro atoms. The van der Waals surface area contributed by atoms with E-state index < -0.39 is 23.0 Å². The molecule has 1 saturated heterocycles. The number of nitrogens with one attached hydrogen (secondary N) is 2. The van der Waals surface area contributed by atoms with Crippen LogP contribution in [-0.4, -0.2) is 47.2 Å². The zero-order valence-electron chi connectivity index (χ0n) is 13.0. The van der Waals surface area contributed by atoms with Crippen molar-refractivity contribution in [3.05, 3.63) is 22.4 Å². The number of carboxylic acid groups (broad SMARTS) is 1. The number of thiophene rings is 1. The van der Waals surface area contributed by atoms with E-state index in [2.05, 4.69) is 10.6 Å². The molecule has 0 unspecified atom stereocenters. The fourth-order valence-corrected chi connectivity index (χ4v) is 2.91. The van der Waals surface area contributed by atoms with Crippen LogP contribution in [0.5, 0.6) is 0 Å². The first kappa shape index (κ1) is 17.4. The number of carbonyl (C=O) groups excluding carboxylic acids is 2. The second-order valence-corrected chi connectivity index (χ2v) is 6.96. The van der Waals surface area contributed by atoms with Gasteiger partial charge in [-0.25, -0.2) is 4.79 Å². The predicted octanol–water partition coefficient (Wildman–Crippen LogP) is 1.01. The van der Waals surface area contributed by atoms with Crippen molar-refractivity contribution in [1.29, 1.82) is 0 Å². The van der Waals surface area contributed by atoms with Crippen molar-refractivity contribution >= 4 is 29.1 Å². The molecule has 8 heteroatoms. The minimum absolute atomic E-state index is 0.197. The maximum atomic E-state index is 12.5. The van der Waals surface area contributed by atoms with Crippen molar-refractivity contribution in [2.45, 2.75) is 37.8 Å². The van der Waals surface area contributed by atoms with Gasteiger partial charge in [0.2, 0.25) is 5.91 Å². The van der Waals surface area contributed by atoms with Gasteiger partial charge in [0.15, 0.2) is 0 Å². The molecule has 1 aliphatic rings. The lowest BCUT2D eigenvalue weighted by Crippen LogP contribution is -2.64. The van der Waals surface area contributed by atoms with Gasteiger partial charge >= 0.3 is 5.97 Å². The fraction of sp³-hybridized carbons (Fsp3) is 0.533. The maximum absolute atomic E-state index is 12.5. The van der Waals surface area contributed by atoms with Crippen molar-refractivity contribution in [3.63, 3.8) is 0 Å². The molecule has 0 aromatic carbocycles. The summed E-state index contributed by atoms with van der Waals surface area (Å²) in [7, 11) is 0. The van der Waals surface area contributed by atoms with Gasteiger partial charge in [-0.15, -0.1) is 11.3 Å². The minimum atomic E-state index is -1.35. The average molecular weight is 340 g/mol. The van der Waals surface area contributed by atoms with Crippen molar-refractivity contribution in [3.8, 4) is 0 Å². The molecule has 0 saturated carbocycles. The summed E-state index contributed by atoms with van der Waals surface area (Å²) in [5.41, 5.74) is -2.58. The topological polar surface area (TPSA) is 105 Å².